The molecule has 1 aromatic rings. The van der Waals surface area contributed by atoms with E-state index < -0.39 is 0 Å². The van der Waals surface area contributed by atoms with Crippen LogP contribution in [-0.2, 0) is 4.74 Å². The molecule has 1 aliphatic carbocycles. The molecule has 0 aliphatic heterocycles. The van der Waals surface area contributed by atoms with Gasteiger partial charge in [0.1, 0.15) is 17.2 Å². The topological polar surface area (TPSA) is 47.0 Å². The Morgan fingerprint density at radius 2 is 2.06 bits per heavy atom. The fourth-order valence-electron chi connectivity index (χ4n) is 2.25. The van der Waals surface area contributed by atoms with Crippen LogP contribution in [0.25, 0.3) is 0 Å². The smallest absolute Gasteiger partial charge is 0.148 e. The van der Waals surface area contributed by atoms with Crippen LogP contribution in [0, 0.1) is 0 Å². The number of hydrogen-bond acceptors (Lipinski definition) is 4. The van der Waals surface area contributed by atoms with Crippen molar-refractivity contribution in [3.63, 3.8) is 0 Å². The number of rotatable bonds is 5. The Kier molecular flexibility index (Phi) is 5.68. The van der Waals surface area contributed by atoms with Crippen LogP contribution < -0.4 is 5.32 Å². The Morgan fingerprint density at radius 3 is 2.78 bits per heavy atom. The molecule has 0 radical (unpaired) electrons. The highest BCUT2D eigenvalue weighted by molar-refractivity contribution is 6.32. The van der Waals surface area contributed by atoms with Gasteiger partial charge in [0.15, 0.2) is 0 Å². The van der Waals surface area contributed by atoms with Crippen molar-refractivity contribution in [2.24, 2.45) is 0 Å². The van der Waals surface area contributed by atoms with Crippen molar-refractivity contribution in [1.29, 1.82) is 0 Å². The van der Waals surface area contributed by atoms with Crippen LogP contribution in [-0.4, -0.2) is 29.2 Å². The summed E-state index contributed by atoms with van der Waals surface area (Å²) in [5.74, 6) is 0.677. The Balaban J connectivity index is 1.65. The Morgan fingerprint density at radius 1 is 1.28 bits per heavy atom. The molecular weight excluding hydrogens is 250 g/mol. The van der Waals surface area contributed by atoms with E-state index in [0.29, 0.717) is 23.6 Å². The summed E-state index contributed by atoms with van der Waals surface area (Å²) in [5.41, 5.74) is 0. The van der Waals surface area contributed by atoms with E-state index >= 15 is 0 Å². The van der Waals surface area contributed by atoms with Crippen molar-refractivity contribution < 1.29 is 4.74 Å². The average Bonchev–Trinajstić information content (AvgIpc) is 2.65. The van der Waals surface area contributed by atoms with Gasteiger partial charge in [-0.1, -0.05) is 37.3 Å². The summed E-state index contributed by atoms with van der Waals surface area (Å²) in [4.78, 5) is 7.91. The first-order chi connectivity index (χ1) is 8.86. The van der Waals surface area contributed by atoms with E-state index in [-0.39, 0.29) is 0 Å². The van der Waals surface area contributed by atoms with E-state index in [1.807, 2.05) is 0 Å². The van der Waals surface area contributed by atoms with Crippen molar-refractivity contribution in [2.75, 3.05) is 18.5 Å². The predicted octanol–water partition coefficient (Wildman–Crippen LogP) is 3.28. The third-order valence-corrected chi connectivity index (χ3v) is 3.49. The number of aromatic nitrogens is 2. The maximum atomic E-state index is 5.95. The van der Waals surface area contributed by atoms with Crippen molar-refractivity contribution in [1.82, 2.24) is 9.97 Å². The zero-order valence-corrected chi connectivity index (χ0v) is 11.3. The second-order valence-corrected chi connectivity index (χ2v) is 5.04. The lowest BCUT2D eigenvalue weighted by Gasteiger charge is -2.15. The number of nitrogens with one attached hydrogen (secondary N) is 1. The van der Waals surface area contributed by atoms with Gasteiger partial charge in [0, 0.05) is 6.54 Å². The summed E-state index contributed by atoms with van der Waals surface area (Å²) in [6.07, 6.45) is 11.2. The molecule has 0 atom stereocenters. The average molecular weight is 270 g/mol. The first-order valence-corrected chi connectivity index (χ1v) is 7.05. The van der Waals surface area contributed by atoms with Gasteiger partial charge in [-0.25, -0.2) is 9.97 Å². The molecule has 0 aromatic carbocycles. The highest BCUT2D eigenvalue weighted by Gasteiger charge is 2.12. The second kappa shape index (κ2) is 7.54. The fraction of sp³-hybridized carbons (Fsp3) is 0.692. The fourth-order valence-corrected chi connectivity index (χ4v) is 2.42. The van der Waals surface area contributed by atoms with Gasteiger partial charge in [0.05, 0.1) is 18.9 Å². The van der Waals surface area contributed by atoms with Crippen LogP contribution in [0.15, 0.2) is 12.5 Å². The van der Waals surface area contributed by atoms with Gasteiger partial charge in [-0.05, 0) is 12.8 Å². The SMILES string of the molecule is Clc1cncnc1NCCOC1CCCCCC1. The first-order valence-electron chi connectivity index (χ1n) is 6.67. The molecule has 1 fully saturated rings. The Hall–Kier alpha value is -0.870. The lowest BCUT2D eigenvalue weighted by molar-refractivity contribution is 0.0501. The molecule has 0 bridgehead atoms. The van der Waals surface area contributed by atoms with Crippen LogP contribution in [0.5, 0.6) is 0 Å². The second-order valence-electron chi connectivity index (χ2n) is 4.63. The van der Waals surface area contributed by atoms with Gasteiger partial charge in [-0.3, -0.25) is 0 Å². The zero-order chi connectivity index (χ0) is 12.6. The number of anilines is 1. The van der Waals surface area contributed by atoms with Gasteiger partial charge < -0.3 is 10.1 Å². The predicted molar refractivity (Wildman–Crippen MR) is 73.0 cm³/mol. The minimum Gasteiger partial charge on any atom is -0.376 e. The minimum atomic E-state index is 0.440. The quantitative estimate of drug-likeness (QED) is 0.658. The van der Waals surface area contributed by atoms with Crippen molar-refractivity contribution in [3.8, 4) is 0 Å². The summed E-state index contributed by atoms with van der Waals surface area (Å²) in [6.45, 7) is 1.43. The van der Waals surface area contributed by atoms with Gasteiger partial charge >= 0.3 is 0 Å². The zero-order valence-electron chi connectivity index (χ0n) is 10.6. The third kappa shape index (κ3) is 4.42. The molecule has 2 rings (SSSR count). The van der Waals surface area contributed by atoms with Crippen LogP contribution >= 0.6 is 11.6 Å². The van der Waals surface area contributed by atoms with E-state index in [9.17, 15) is 0 Å². The van der Waals surface area contributed by atoms with Crippen LogP contribution in [0.4, 0.5) is 5.82 Å². The lowest BCUT2D eigenvalue weighted by atomic mass is 10.1. The Labute approximate surface area is 113 Å². The minimum absolute atomic E-state index is 0.440. The largest absolute Gasteiger partial charge is 0.376 e. The molecule has 1 N–H and O–H groups in total. The molecule has 1 aromatic heterocycles. The normalized spacial score (nSPS) is 17.4. The van der Waals surface area contributed by atoms with Crippen LogP contribution in [0.3, 0.4) is 0 Å². The highest BCUT2D eigenvalue weighted by Crippen LogP contribution is 2.20. The summed E-state index contributed by atoms with van der Waals surface area (Å²) in [6, 6.07) is 0. The van der Waals surface area contributed by atoms with E-state index in [1.165, 1.54) is 44.9 Å². The highest BCUT2D eigenvalue weighted by atomic mass is 35.5. The standard InChI is InChI=1S/C13H20ClN3O/c14-12-9-15-10-17-13(12)16-7-8-18-11-5-3-1-2-4-6-11/h9-11H,1-8H2,(H,15,16,17). The molecule has 0 unspecified atom stereocenters. The number of halogens is 1. The van der Waals surface area contributed by atoms with Gasteiger partial charge in [-0.2, -0.15) is 0 Å². The van der Waals surface area contributed by atoms with E-state index in [2.05, 4.69) is 15.3 Å². The van der Waals surface area contributed by atoms with Gasteiger partial charge in [0.25, 0.3) is 0 Å². The van der Waals surface area contributed by atoms with E-state index in [4.69, 9.17) is 16.3 Å². The summed E-state index contributed by atoms with van der Waals surface area (Å²) < 4.78 is 5.88. The van der Waals surface area contributed by atoms with Crippen LogP contribution in [0.1, 0.15) is 38.5 Å². The summed E-state index contributed by atoms with van der Waals surface area (Å²) >= 11 is 5.95. The molecule has 0 saturated heterocycles. The molecule has 4 nitrogen and oxygen atoms in total. The summed E-state index contributed by atoms with van der Waals surface area (Å²) in [7, 11) is 0. The van der Waals surface area contributed by atoms with Gasteiger partial charge in [-0.15, -0.1) is 0 Å². The van der Waals surface area contributed by atoms with Crippen molar-refractivity contribution in [2.45, 2.75) is 44.6 Å². The molecule has 0 spiro atoms. The molecule has 5 heteroatoms. The maximum absolute atomic E-state index is 5.95. The number of ether oxygens (including phenoxy) is 1. The van der Waals surface area contributed by atoms with Crippen LogP contribution in [0.2, 0.25) is 5.02 Å². The molecule has 1 aliphatic rings. The molecule has 0 amide bonds. The number of hydrogen-bond donors (Lipinski definition) is 1. The first kappa shape index (κ1) is 13.6. The monoisotopic (exact) mass is 269 g/mol. The summed E-state index contributed by atoms with van der Waals surface area (Å²) in [5, 5.41) is 3.71. The van der Waals surface area contributed by atoms with E-state index in [0.717, 1.165) is 6.54 Å². The molecule has 1 heterocycles. The van der Waals surface area contributed by atoms with Gasteiger partial charge in [0.2, 0.25) is 0 Å². The number of nitrogens with zero attached hydrogens (tertiary/aromatic N) is 2. The van der Waals surface area contributed by atoms with Crippen molar-refractivity contribution in [3.05, 3.63) is 17.5 Å². The molecule has 1 saturated carbocycles. The maximum Gasteiger partial charge on any atom is 0.148 e. The molecule has 100 valence electrons. The molecular formula is C13H20ClN3O. The molecule has 18 heavy (non-hydrogen) atoms. The Bertz CT molecular complexity index is 354. The van der Waals surface area contributed by atoms with Crippen molar-refractivity contribution >= 4 is 17.4 Å². The van der Waals surface area contributed by atoms with E-state index in [1.54, 1.807) is 6.20 Å². The third-order valence-electron chi connectivity index (χ3n) is 3.22. The lowest BCUT2D eigenvalue weighted by Crippen LogP contribution is -2.18.